The van der Waals surface area contributed by atoms with Crippen molar-refractivity contribution in [3.63, 3.8) is 0 Å². The van der Waals surface area contributed by atoms with Gasteiger partial charge in [0, 0.05) is 12.5 Å². The molecule has 2 nitrogen and oxygen atoms in total. The van der Waals surface area contributed by atoms with Gasteiger partial charge in [-0.1, -0.05) is 29.8 Å². The third-order valence-corrected chi connectivity index (χ3v) is 4.92. The number of benzene rings is 1. The molecular weight excluding hydrogens is 285 g/mol. The summed E-state index contributed by atoms with van der Waals surface area (Å²) in [6, 6.07) is 6.35. The van der Waals surface area contributed by atoms with Crippen LogP contribution in [0.2, 0.25) is 5.02 Å². The number of aliphatic hydroxyl groups excluding tert-OH is 1. The lowest BCUT2D eigenvalue weighted by molar-refractivity contribution is 0.149. The summed E-state index contributed by atoms with van der Waals surface area (Å²) in [5, 5.41) is 12.8. The molecule has 1 aromatic heterocycles. The van der Waals surface area contributed by atoms with E-state index < -0.39 is 12.0 Å². The van der Waals surface area contributed by atoms with Gasteiger partial charge in [0.15, 0.2) is 0 Å². The molecule has 2 unspecified atom stereocenters. The second kappa shape index (κ2) is 6.01. The molecule has 0 amide bonds. The van der Waals surface area contributed by atoms with Crippen LogP contribution in [-0.2, 0) is 0 Å². The van der Waals surface area contributed by atoms with E-state index in [-0.39, 0.29) is 12.4 Å². The first-order valence-corrected chi connectivity index (χ1v) is 7.18. The Morgan fingerprint density at radius 2 is 2.11 bits per heavy atom. The van der Waals surface area contributed by atoms with Crippen LogP contribution in [0.1, 0.15) is 28.0 Å². The van der Waals surface area contributed by atoms with Crippen LogP contribution >= 0.6 is 22.9 Å². The van der Waals surface area contributed by atoms with E-state index in [2.05, 4.69) is 0 Å². The molecule has 0 radical (unpaired) electrons. The molecule has 0 saturated heterocycles. The molecule has 19 heavy (non-hydrogen) atoms. The predicted molar refractivity (Wildman–Crippen MR) is 77.2 cm³/mol. The first-order valence-electron chi connectivity index (χ1n) is 5.92. The van der Waals surface area contributed by atoms with E-state index in [4.69, 9.17) is 17.3 Å². The Balaban J connectivity index is 2.38. The normalized spacial score (nSPS) is 14.4. The summed E-state index contributed by atoms with van der Waals surface area (Å²) in [4.78, 5) is 0.637. The van der Waals surface area contributed by atoms with Crippen molar-refractivity contribution in [2.75, 3.05) is 6.54 Å². The third kappa shape index (κ3) is 2.82. The molecule has 0 saturated carbocycles. The number of halogens is 2. The first-order chi connectivity index (χ1) is 9.06. The average molecular weight is 300 g/mol. The van der Waals surface area contributed by atoms with Gasteiger partial charge in [-0.2, -0.15) is 0 Å². The molecule has 2 aromatic rings. The topological polar surface area (TPSA) is 46.2 Å². The van der Waals surface area contributed by atoms with E-state index in [9.17, 15) is 9.50 Å². The number of thiophene rings is 1. The molecule has 0 aliphatic carbocycles. The Hall–Kier alpha value is -0.940. The summed E-state index contributed by atoms with van der Waals surface area (Å²) in [6.45, 7) is 2.02. The summed E-state index contributed by atoms with van der Waals surface area (Å²) < 4.78 is 13.8. The van der Waals surface area contributed by atoms with E-state index in [1.807, 2.05) is 12.3 Å². The second-order valence-corrected chi connectivity index (χ2v) is 5.69. The molecule has 102 valence electrons. The van der Waals surface area contributed by atoms with Crippen LogP contribution in [0, 0.1) is 12.7 Å². The number of nitrogens with two attached hydrogens (primary N) is 1. The molecule has 0 aliphatic heterocycles. The van der Waals surface area contributed by atoms with Crippen molar-refractivity contribution in [1.82, 2.24) is 0 Å². The van der Waals surface area contributed by atoms with Gasteiger partial charge in [0.25, 0.3) is 0 Å². The molecule has 1 aromatic carbocycles. The van der Waals surface area contributed by atoms with Crippen molar-refractivity contribution in [2.24, 2.45) is 5.73 Å². The largest absolute Gasteiger partial charge is 0.387 e. The summed E-state index contributed by atoms with van der Waals surface area (Å²) in [5.41, 5.74) is 7.03. The fourth-order valence-corrected chi connectivity index (χ4v) is 3.39. The van der Waals surface area contributed by atoms with Crippen LogP contribution < -0.4 is 5.73 Å². The van der Waals surface area contributed by atoms with E-state index in [0.29, 0.717) is 15.5 Å². The van der Waals surface area contributed by atoms with E-state index in [0.717, 1.165) is 5.56 Å². The average Bonchev–Trinajstić information content (AvgIpc) is 2.73. The lowest BCUT2D eigenvalue weighted by atomic mass is 9.92. The number of hydrogen-bond donors (Lipinski definition) is 2. The zero-order valence-corrected chi connectivity index (χ0v) is 12.0. The predicted octanol–water partition coefficient (Wildman–Crippen LogP) is 3.62. The van der Waals surface area contributed by atoms with Crippen LogP contribution in [0.4, 0.5) is 4.39 Å². The molecule has 3 N–H and O–H groups in total. The van der Waals surface area contributed by atoms with Gasteiger partial charge in [-0.15, -0.1) is 11.3 Å². The highest BCUT2D eigenvalue weighted by Crippen LogP contribution is 2.39. The summed E-state index contributed by atoms with van der Waals surface area (Å²) in [6.07, 6.45) is -0.895. The molecule has 0 fully saturated rings. The van der Waals surface area contributed by atoms with Crippen LogP contribution in [0.3, 0.4) is 0 Å². The Kier molecular flexibility index (Phi) is 4.58. The van der Waals surface area contributed by atoms with Gasteiger partial charge in [-0.3, -0.25) is 0 Å². The van der Waals surface area contributed by atoms with Gasteiger partial charge in [0.05, 0.1) is 16.0 Å². The molecule has 1 heterocycles. The minimum Gasteiger partial charge on any atom is -0.387 e. The fraction of sp³-hybridized carbons (Fsp3) is 0.286. The lowest BCUT2D eigenvalue weighted by Gasteiger charge is -2.22. The minimum atomic E-state index is -0.895. The van der Waals surface area contributed by atoms with E-state index in [1.165, 1.54) is 17.4 Å². The quantitative estimate of drug-likeness (QED) is 0.905. The summed E-state index contributed by atoms with van der Waals surface area (Å²) in [5.74, 6) is -0.863. The highest BCUT2D eigenvalue weighted by Gasteiger charge is 2.27. The molecule has 0 spiro atoms. The highest BCUT2D eigenvalue weighted by atomic mass is 35.5. The van der Waals surface area contributed by atoms with E-state index >= 15 is 0 Å². The SMILES string of the molecule is Cc1csc(C(O)C(CN)c2ccccc2F)c1Cl. The molecule has 0 aliphatic rings. The molecule has 2 atom stereocenters. The number of rotatable bonds is 4. The Morgan fingerprint density at radius 1 is 1.42 bits per heavy atom. The Morgan fingerprint density at radius 3 is 2.63 bits per heavy atom. The van der Waals surface area contributed by atoms with Crippen LogP contribution in [0.15, 0.2) is 29.6 Å². The molecule has 0 bridgehead atoms. The molecular formula is C14H15ClFNOS. The smallest absolute Gasteiger partial charge is 0.126 e. The fourth-order valence-electron chi connectivity index (χ4n) is 2.03. The van der Waals surface area contributed by atoms with Crippen LogP contribution in [-0.4, -0.2) is 11.7 Å². The number of hydrogen-bond acceptors (Lipinski definition) is 3. The van der Waals surface area contributed by atoms with E-state index in [1.54, 1.807) is 18.2 Å². The summed E-state index contributed by atoms with van der Waals surface area (Å²) >= 11 is 7.52. The van der Waals surface area contributed by atoms with Gasteiger partial charge >= 0.3 is 0 Å². The van der Waals surface area contributed by atoms with Crippen molar-refractivity contribution >= 4 is 22.9 Å². The Bertz CT molecular complexity index is 572. The van der Waals surface area contributed by atoms with Crippen molar-refractivity contribution in [1.29, 1.82) is 0 Å². The Labute approximate surface area is 120 Å². The van der Waals surface area contributed by atoms with Crippen molar-refractivity contribution in [3.05, 3.63) is 56.5 Å². The maximum atomic E-state index is 13.8. The monoisotopic (exact) mass is 299 g/mol. The van der Waals surface area contributed by atoms with Gasteiger partial charge in [0.2, 0.25) is 0 Å². The maximum absolute atomic E-state index is 13.8. The van der Waals surface area contributed by atoms with Gasteiger partial charge in [-0.25, -0.2) is 4.39 Å². The van der Waals surface area contributed by atoms with Crippen LogP contribution in [0.5, 0.6) is 0 Å². The highest BCUT2D eigenvalue weighted by molar-refractivity contribution is 7.10. The first kappa shape index (κ1) is 14.5. The zero-order valence-electron chi connectivity index (χ0n) is 10.4. The van der Waals surface area contributed by atoms with Gasteiger partial charge in [-0.05, 0) is 29.5 Å². The standard InChI is InChI=1S/C14H15ClFNOS/c1-8-7-19-14(12(8)15)13(18)10(6-17)9-4-2-3-5-11(9)16/h2-5,7,10,13,18H,6,17H2,1H3. The second-order valence-electron chi connectivity index (χ2n) is 4.41. The lowest BCUT2D eigenvalue weighted by Crippen LogP contribution is -2.20. The number of aryl methyl sites for hydroxylation is 1. The number of aliphatic hydroxyl groups is 1. The maximum Gasteiger partial charge on any atom is 0.126 e. The van der Waals surface area contributed by atoms with Crippen molar-refractivity contribution < 1.29 is 9.50 Å². The van der Waals surface area contributed by atoms with Gasteiger partial charge in [0.1, 0.15) is 5.82 Å². The zero-order chi connectivity index (χ0) is 14.0. The third-order valence-electron chi connectivity index (χ3n) is 3.13. The van der Waals surface area contributed by atoms with Crippen LogP contribution in [0.25, 0.3) is 0 Å². The molecule has 2 rings (SSSR count). The van der Waals surface area contributed by atoms with Crippen molar-refractivity contribution in [2.45, 2.75) is 18.9 Å². The van der Waals surface area contributed by atoms with Gasteiger partial charge < -0.3 is 10.8 Å². The summed E-state index contributed by atoms with van der Waals surface area (Å²) in [7, 11) is 0. The minimum absolute atomic E-state index is 0.148. The molecule has 5 heteroatoms. The van der Waals surface area contributed by atoms with Crippen molar-refractivity contribution in [3.8, 4) is 0 Å².